The minimum Gasteiger partial charge on any atom is -0.351 e. The molecule has 0 bridgehead atoms. The first-order chi connectivity index (χ1) is 10.7. The average molecular weight is 338 g/mol. The molecular formula is C16H22N2O4S. The number of nitrogens with one attached hydrogen (secondary N) is 1. The lowest BCUT2D eigenvalue weighted by molar-refractivity contribution is -0.123. The third-order valence-corrected chi connectivity index (χ3v) is 5.85. The molecule has 1 saturated heterocycles. The number of rotatable bonds is 4. The highest BCUT2D eigenvalue weighted by Gasteiger charge is 2.29. The summed E-state index contributed by atoms with van der Waals surface area (Å²) < 4.78 is 22.9. The molecule has 1 atom stereocenters. The number of hydrogen-bond donors (Lipinski definition) is 1. The van der Waals surface area contributed by atoms with Gasteiger partial charge in [0.25, 0.3) is 0 Å². The Kier molecular flexibility index (Phi) is 5.09. The standard InChI is InChI=1S/C16H22N2O4S/c1-11-4-5-15(8-12(11)2)18(13(3)19)9-16(20)17-14-6-7-23(21,22)10-14/h4-5,8,14H,6-7,9-10H2,1-3H3,(H,17,20). The van der Waals surface area contributed by atoms with E-state index in [1.165, 1.54) is 11.8 Å². The topological polar surface area (TPSA) is 83.6 Å². The summed E-state index contributed by atoms with van der Waals surface area (Å²) in [5, 5.41) is 2.70. The number of carbonyl (C=O) groups excluding carboxylic acids is 2. The molecule has 1 unspecified atom stereocenters. The Bertz CT molecular complexity index is 728. The minimum atomic E-state index is -3.04. The maximum absolute atomic E-state index is 12.2. The highest BCUT2D eigenvalue weighted by atomic mass is 32.2. The Hall–Kier alpha value is -1.89. The number of benzene rings is 1. The summed E-state index contributed by atoms with van der Waals surface area (Å²) in [5.41, 5.74) is 2.81. The zero-order chi connectivity index (χ0) is 17.2. The average Bonchev–Trinajstić information content (AvgIpc) is 2.78. The molecule has 2 amide bonds. The van der Waals surface area contributed by atoms with Gasteiger partial charge in [-0.15, -0.1) is 0 Å². The molecule has 1 fully saturated rings. The largest absolute Gasteiger partial charge is 0.351 e. The second-order valence-electron chi connectivity index (χ2n) is 6.04. The Labute approximate surface area is 136 Å². The smallest absolute Gasteiger partial charge is 0.240 e. The lowest BCUT2D eigenvalue weighted by Gasteiger charge is -2.22. The van der Waals surface area contributed by atoms with Crippen LogP contribution in [0.3, 0.4) is 0 Å². The molecular weight excluding hydrogens is 316 g/mol. The molecule has 1 aromatic rings. The normalized spacial score (nSPS) is 19.3. The van der Waals surface area contributed by atoms with Gasteiger partial charge >= 0.3 is 0 Å². The molecule has 1 heterocycles. The van der Waals surface area contributed by atoms with E-state index < -0.39 is 9.84 Å². The molecule has 1 N–H and O–H groups in total. The van der Waals surface area contributed by atoms with Gasteiger partial charge in [0.1, 0.15) is 6.54 Å². The van der Waals surface area contributed by atoms with Gasteiger partial charge in [0.2, 0.25) is 11.8 Å². The second kappa shape index (κ2) is 6.70. The van der Waals surface area contributed by atoms with Crippen LogP contribution in [0.1, 0.15) is 24.5 Å². The number of sulfone groups is 1. The van der Waals surface area contributed by atoms with Gasteiger partial charge < -0.3 is 10.2 Å². The molecule has 6 nitrogen and oxygen atoms in total. The molecule has 23 heavy (non-hydrogen) atoms. The summed E-state index contributed by atoms with van der Waals surface area (Å²) in [7, 11) is -3.04. The number of anilines is 1. The molecule has 2 rings (SSSR count). The van der Waals surface area contributed by atoms with Gasteiger partial charge in [0.05, 0.1) is 11.5 Å². The first-order valence-electron chi connectivity index (χ1n) is 7.53. The van der Waals surface area contributed by atoms with E-state index in [9.17, 15) is 18.0 Å². The van der Waals surface area contributed by atoms with Crippen molar-refractivity contribution in [3.63, 3.8) is 0 Å². The molecule has 0 aromatic heterocycles. The van der Waals surface area contributed by atoms with Gasteiger partial charge in [-0.3, -0.25) is 9.59 Å². The van der Waals surface area contributed by atoms with Gasteiger partial charge in [-0.2, -0.15) is 0 Å². The molecule has 0 radical (unpaired) electrons. The van der Waals surface area contributed by atoms with E-state index in [1.54, 1.807) is 6.07 Å². The second-order valence-corrected chi connectivity index (χ2v) is 8.27. The predicted molar refractivity (Wildman–Crippen MR) is 89.1 cm³/mol. The van der Waals surface area contributed by atoms with E-state index >= 15 is 0 Å². The van der Waals surface area contributed by atoms with Crippen molar-refractivity contribution in [2.45, 2.75) is 33.2 Å². The van der Waals surface area contributed by atoms with Crippen LogP contribution in [0.15, 0.2) is 18.2 Å². The van der Waals surface area contributed by atoms with Crippen LogP contribution in [-0.2, 0) is 19.4 Å². The van der Waals surface area contributed by atoms with Gasteiger partial charge in [-0.25, -0.2) is 8.42 Å². The van der Waals surface area contributed by atoms with E-state index in [4.69, 9.17) is 0 Å². The molecule has 1 aliphatic heterocycles. The quantitative estimate of drug-likeness (QED) is 0.886. The van der Waals surface area contributed by atoms with E-state index in [-0.39, 0.29) is 35.9 Å². The van der Waals surface area contributed by atoms with Crippen molar-refractivity contribution in [1.29, 1.82) is 0 Å². The lowest BCUT2D eigenvalue weighted by atomic mass is 10.1. The summed E-state index contributed by atoms with van der Waals surface area (Å²) in [6.07, 6.45) is 0.428. The predicted octanol–water partition coefficient (Wildman–Crippen LogP) is 0.960. The number of hydrogen-bond acceptors (Lipinski definition) is 4. The van der Waals surface area contributed by atoms with Crippen LogP contribution < -0.4 is 10.2 Å². The van der Waals surface area contributed by atoms with Crippen LogP contribution in [0.5, 0.6) is 0 Å². The van der Waals surface area contributed by atoms with Crippen LogP contribution in [0.25, 0.3) is 0 Å². The fourth-order valence-electron chi connectivity index (χ4n) is 2.60. The Morgan fingerprint density at radius 2 is 1.96 bits per heavy atom. The maximum atomic E-state index is 12.2. The highest BCUT2D eigenvalue weighted by molar-refractivity contribution is 7.91. The molecule has 126 valence electrons. The summed E-state index contributed by atoms with van der Waals surface area (Å²) in [6.45, 7) is 5.21. The number of nitrogens with zero attached hydrogens (tertiary/aromatic N) is 1. The molecule has 0 spiro atoms. The summed E-state index contributed by atoms with van der Waals surface area (Å²) >= 11 is 0. The summed E-state index contributed by atoms with van der Waals surface area (Å²) in [4.78, 5) is 25.4. The molecule has 0 aliphatic carbocycles. The van der Waals surface area contributed by atoms with Crippen molar-refractivity contribution in [2.75, 3.05) is 23.0 Å². The molecule has 7 heteroatoms. The monoisotopic (exact) mass is 338 g/mol. The lowest BCUT2D eigenvalue weighted by Crippen LogP contribution is -2.44. The van der Waals surface area contributed by atoms with Gasteiger partial charge in [0, 0.05) is 18.7 Å². The first kappa shape index (κ1) is 17.5. The van der Waals surface area contributed by atoms with E-state index in [0.717, 1.165) is 11.1 Å². The molecule has 1 aliphatic rings. The number of amides is 2. The fraction of sp³-hybridized carbons (Fsp3) is 0.500. The van der Waals surface area contributed by atoms with Crippen molar-refractivity contribution < 1.29 is 18.0 Å². The molecule has 1 aromatic carbocycles. The Balaban J connectivity index is 2.06. The van der Waals surface area contributed by atoms with Crippen LogP contribution in [0.2, 0.25) is 0 Å². The SMILES string of the molecule is CC(=O)N(CC(=O)NC1CCS(=O)(=O)C1)c1ccc(C)c(C)c1. The van der Waals surface area contributed by atoms with Crippen molar-refractivity contribution in [3.05, 3.63) is 29.3 Å². The summed E-state index contributed by atoms with van der Waals surface area (Å²) in [5.74, 6) is -0.503. The maximum Gasteiger partial charge on any atom is 0.240 e. The minimum absolute atomic E-state index is 0.0253. The number of carbonyl (C=O) groups is 2. The zero-order valence-electron chi connectivity index (χ0n) is 13.6. The van der Waals surface area contributed by atoms with Crippen LogP contribution in [0, 0.1) is 13.8 Å². The van der Waals surface area contributed by atoms with E-state index in [0.29, 0.717) is 12.1 Å². The van der Waals surface area contributed by atoms with Gasteiger partial charge in [0.15, 0.2) is 9.84 Å². The van der Waals surface area contributed by atoms with Crippen molar-refractivity contribution in [3.8, 4) is 0 Å². The third-order valence-electron chi connectivity index (χ3n) is 4.08. The van der Waals surface area contributed by atoms with Crippen molar-refractivity contribution in [1.82, 2.24) is 5.32 Å². The highest BCUT2D eigenvalue weighted by Crippen LogP contribution is 2.19. The Morgan fingerprint density at radius 3 is 2.48 bits per heavy atom. The Morgan fingerprint density at radius 1 is 1.26 bits per heavy atom. The van der Waals surface area contributed by atoms with E-state index in [1.807, 2.05) is 26.0 Å². The van der Waals surface area contributed by atoms with E-state index in [2.05, 4.69) is 5.32 Å². The zero-order valence-corrected chi connectivity index (χ0v) is 14.4. The first-order valence-corrected chi connectivity index (χ1v) is 9.35. The molecule has 0 saturated carbocycles. The van der Waals surface area contributed by atoms with Gasteiger partial charge in [-0.05, 0) is 43.5 Å². The van der Waals surface area contributed by atoms with Crippen LogP contribution >= 0.6 is 0 Å². The van der Waals surface area contributed by atoms with Gasteiger partial charge in [-0.1, -0.05) is 6.07 Å². The number of aryl methyl sites for hydroxylation is 2. The van der Waals surface area contributed by atoms with Crippen LogP contribution in [-0.4, -0.2) is 44.3 Å². The van der Waals surface area contributed by atoms with Crippen molar-refractivity contribution >= 4 is 27.3 Å². The fourth-order valence-corrected chi connectivity index (χ4v) is 4.28. The van der Waals surface area contributed by atoms with Crippen molar-refractivity contribution in [2.24, 2.45) is 0 Å². The van der Waals surface area contributed by atoms with Crippen LogP contribution in [0.4, 0.5) is 5.69 Å². The summed E-state index contributed by atoms with van der Waals surface area (Å²) in [6, 6.07) is 5.21. The third kappa shape index (κ3) is 4.54.